The van der Waals surface area contributed by atoms with Crippen LogP contribution in [0.3, 0.4) is 0 Å². The van der Waals surface area contributed by atoms with Gasteiger partial charge in [-0.15, -0.1) is 0 Å². The van der Waals surface area contributed by atoms with E-state index < -0.39 is 35.5 Å². The highest BCUT2D eigenvalue weighted by molar-refractivity contribution is 6.40. The summed E-state index contributed by atoms with van der Waals surface area (Å²) in [7, 11) is 2.51. The molecular formula is C26H29Cl2N3O6. The largest absolute Gasteiger partial charge is 0.467 e. The number of amides is 3. The summed E-state index contributed by atoms with van der Waals surface area (Å²) in [6.07, 6.45) is 3.57. The minimum Gasteiger partial charge on any atom is -0.467 e. The predicted octanol–water partition coefficient (Wildman–Crippen LogP) is 4.50. The van der Waals surface area contributed by atoms with Crippen molar-refractivity contribution in [3.05, 3.63) is 63.6 Å². The van der Waals surface area contributed by atoms with Crippen molar-refractivity contribution in [3.8, 4) is 0 Å². The summed E-state index contributed by atoms with van der Waals surface area (Å²) in [5.41, 5.74) is 0.230. The molecule has 1 unspecified atom stereocenters. The molecule has 37 heavy (non-hydrogen) atoms. The minimum absolute atomic E-state index is 0.121. The molecular weight excluding hydrogens is 521 g/mol. The first-order valence-electron chi connectivity index (χ1n) is 11.8. The molecule has 9 nitrogen and oxygen atoms in total. The lowest BCUT2D eigenvalue weighted by Crippen LogP contribution is -2.60. The first-order chi connectivity index (χ1) is 17.7. The van der Waals surface area contributed by atoms with E-state index in [1.54, 1.807) is 42.5 Å². The highest BCUT2D eigenvalue weighted by Crippen LogP contribution is 2.29. The average Bonchev–Trinajstić information content (AvgIpc) is 2.88. The van der Waals surface area contributed by atoms with Gasteiger partial charge in [-0.3, -0.25) is 4.79 Å². The molecule has 3 rings (SSSR count). The fourth-order valence-electron chi connectivity index (χ4n) is 4.35. The Hall–Kier alpha value is -3.30. The number of nitrogens with one attached hydrogen (secondary N) is 3. The number of ether oxygens (including phenoxy) is 2. The highest BCUT2D eigenvalue weighted by atomic mass is 35.5. The van der Waals surface area contributed by atoms with Crippen LogP contribution in [0, 0.1) is 0 Å². The number of halogens is 2. The number of methoxy groups -OCH3 is 2. The third kappa shape index (κ3) is 7.14. The number of rotatable bonds is 8. The molecule has 1 atom stereocenters. The average molecular weight is 550 g/mol. The summed E-state index contributed by atoms with van der Waals surface area (Å²) in [5, 5.41) is 8.54. The van der Waals surface area contributed by atoms with E-state index in [0.717, 1.165) is 19.3 Å². The normalized spacial score (nSPS) is 15.1. The maximum absolute atomic E-state index is 12.8. The molecule has 1 saturated carbocycles. The van der Waals surface area contributed by atoms with E-state index >= 15 is 0 Å². The molecule has 0 heterocycles. The van der Waals surface area contributed by atoms with E-state index in [4.69, 9.17) is 32.7 Å². The Morgan fingerprint density at radius 3 is 2.11 bits per heavy atom. The predicted molar refractivity (Wildman–Crippen MR) is 140 cm³/mol. The van der Waals surface area contributed by atoms with Gasteiger partial charge in [0.05, 0.1) is 29.8 Å². The lowest BCUT2D eigenvalue weighted by atomic mass is 9.81. The molecule has 1 fully saturated rings. The van der Waals surface area contributed by atoms with Crippen molar-refractivity contribution >= 4 is 52.8 Å². The fourth-order valence-corrected chi connectivity index (χ4v) is 4.92. The monoisotopic (exact) mass is 549 g/mol. The zero-order valence-electron chi connectivity index (χ0n) is 20.6. The van der Waals surface area contributed by atoms with Gasteiger partial charge in [0.25, 0.3) is 5.91 Å². The standard InChI is InChI=1S/C26H29Cl2N3O6/c1-36-23(33)20(30-25(35)31-26(24(34)37-2)13-4-3-5-14-26)15-16-9-11-17(12-10-16)29-22(32)21-18(27)7-6-8-19(21)28/h6-12,20H,3-5,13-15H2,1-2H3,(H,29,32)(H2,30,31,35). The molecule has 1 aliphatic carbocycles. The molecule has 3 amide bonds. The van der Waals surface area contributed by atoms with Crippen LogP contribution in [0.1, 0.15) is 48.0 Å². The zero-order valence-corrected chi connectivity index (χ0v) is 22.1. The van der Waals surface area contributed by atoms with Gasteiger partial charge in [0.2, 0.25) is 0 Å². The van der Waals surface area contributed by atoms with Crippen molar-refractivity contribution in [2.75, 3.05) is 19.5 Å². The van der Waals surface area contributed by atoms with Crippen LogP contribution < -0.4 is 16.0 Å². The first kappa shape index (κ1) is 28.3. The summed E-state index contributed by atoms with van der Waals surface area (Å²) in [6, 6.07) is 9.83. The number of benzene rings is 2. The van der Waals surface area contributed by atoms with Gasteiger partial charge in [-0.2, -0.15) is 0 Å². The van der Waals surface area contributed by atoms with Crippen LogP contribution in [0.5, 0.6) is 0 Å². The number of urea groups is 1. The van der Waals surface area contributed by atoms with Crippen LogP contribution in [-0.4, -0.2) is 49.7 Å². The van der Waals surface area contributed by atoms with Crippen molar-refractivity contribution in [1.29, 1.82) is 0 Å². The smallest absolute Gasteiger partial charge is 0.331 e. The van der Waals surface area contributed by atoms with Gasteiger partial charge >= 0.3 is 18.0 Å². The number of hydrogen-bond acceptors (Lipinski definition) is 6. The third-order valence-electron chi connectivity index (χ3n) is 6.27. The number of esters is 2. The molecule has 2 aromatic rings. The van der Waals surface area contributed by atoms with Gasteiger partial charge in [-0.1, -0.05) is 60.7 Å². The molecule has 2 aromatic carbocycles. The Kier molecular flexibility index (Phi) is 9.77. The number of anilines is 1. The minimum atomic E-state index is -1.12. The van der Waals surface area contributed by atoms with E-state index in [9.17, 15) is 19.2 Å². The Bertz CT molecular complexity index is 1130. The van der Waals surface area contributed by atoms with Crippen LogP contribution >= 0.6 is 23.2 Å². The number of hydrogen-bond donors (Lipinski definition) is 3. The van der Waals surface area contributed by atoms with E-state index in [0.29, 0.717) is 24.1 Å². The van der Waals surface area contributed by atoms with Gasteiger partial charge < -0.3 is 25.4 Å². The molecule has 0 aromatic heterocycles. The molecule has 0 bridgehead atoms. The van der Waals surface area contributed by atoms with Gasteiger partial charge in [0.15, 0.2) is 0 Å². The summed E-state index contributed by atoms with van der Waals surface area (Å²) in [4.78, 5) is 50.2. The number of carbonyl (C=O) groups excluding carboxylic acids is 4. The second-order valence-electron chi connectivity index (χ2n) is 8.76. The second kappa shape index (κ2) is 12.8. The Balaban J connectivity index is 1.67. The summed E-state index contributed by atoms with van der Waals surface area (Å²) >= 11 is 12.2. The van der Waals surface area contributed by atoms with Crippen molar-refractivity contribution in [2.45, 2.75) is 50.1 Å². The van der Waals surface area contributed by atoms with Gasteiger partial charge in [0.1, 0.15) is 11.6 Å². The summed E-state index contributed by atoms with van der Waals surface area (Å²) in [6.45, 7) is 0. The Morgan fingerprint density at radius 1 is 0.919 bits per heavy atom. The molecule has 198 valence electrons. The van der Waals surface area contributed by atoms with Crippen molar-refractivity contribution < 1.29 is 28.7 Å². The van der Waals surface area contributed by atoms with E-state index in [-0.39, 0.29) is 22.0 Å². The third-order valence-corrected chi connectivity index (χ3v) is 6.90. The second-order valence-corrected chi connectivity index (χ2v) is 9.57. The maximum atomic E-state index is 12.8. The van der Waals surface area contributed by atoms with Crippen LogP contribution in [0.2, 0.25) is 10.0 Å². The van der Waals surface area contributed by atoms with Crippen molar-refractivity contribution in [3.63, 3.8) is 0 Å². The lowest BCUT2D eigenvalue weighted by Gasteiger charge is -2.35. The SMILES string of the molecule is COC(=O)C(Cc1ccc(NC(=O)c2c(Cl)cccc2Cl)cc1)NC(=O)NC1(C(=O)OC)CCCCC1. The molecule has 0 aliphatic heterocycles. The topological polar surface area (TPSA) is 123 Å². The highest BCUT2D eigenvalue weighted by Gasteiger charge is 2.42. The summed E-state index contributed by atoms with van der Waals surface area (Å²) < 4.78 is 9.79. The maximum Gasteiger partial charge on any atom is 0.331 e. The molecule has 0 saturated heterocycles. The molecule has 11 heteroatoms. The lowest BCUT2D eigenvalue weighted by molar-refractivity contribution is -0.149. The molecule has 1 aliphatic rings. The first-order valence-corrected chi connectivity index (χ1v) is 12.5. The number of carbonyl (C=O) groups is 4. The zero-order chi connectivity index (χ0) is 27.0. The van der Waals surface area contributed by atoms with Gasteiger partial charge in [-0.25, -0.2) is 14.4 Å². The van der Waals surface area contributed by atoms with Crippen LogP contribution in [-0.2, 0) is 25.5 Å². The van der Waals surface area contributed by atoms with Gasteiger partial charge in [-0.05, 0) is 42.7 Å². The van der Waals surface area contributed by atoms with Crippen LogP contribution in [0.15, 0.2) is 42.5 Å². The molecule has 3 N–H and O–H groups in total. The molecule has 0 radical (unpaired) electrons. The quantitative estimate of drug-likeness (QED) is 0.416. The summed E-state index contributed by atoms with van der Waals surface area (Å²) in [5.74, 6) is -1.61. The fraction of sp³-hybridized carbons (Fsp3) is 0.385. The van der Waals surface area contributed by atoms with Crippen molar-refractivity contribution in [2.24, 2.45) is 0 Å². The Labute approximate surface area is 225 Å². The van der Waals surface area contributed by atoms with E-state index in [1.807, 2.05) is 0 Å². The van der Waals surface area contributed by atoms with Crippen LogP contribution in [0.4, 0.5) is 10.5 Å². The van der Waals surface area contributed by atoms with Gasteiger partial charge in [0, 0.05) is 12.1 Å². The van der Waals surface area contributed by atoms with Crippen LogP contribution in [0.25, 0.3) is 0 Å². The Morgan fingerprint density at radius 2 is 1.54 bits per heavy atom. The van der Waals surface area contributed by atoms with E-state index in [2.05, 4.69) is 16.0 Å². The van der Waals surface area contributed by atoms with Crippen molar-refractivity contribution in [1.82, 2.24) is 10.6 Å². The molecule has 0 spiro atoms. The van der Waals surface area contributed by atoms with E-state index in [1.165, 1.54) is 14.2 Å².